The molecule has 0 fully saturated rings. The van der Waals surface area contributed by atoms with Crippen LogP contribution in [0.4, 0.5) is 4.39 Å². The second kappa shape index (κ2) is 4.85. The molecule has 1 unspecified atom stereocenters. The van der Waals surface area contributed by atoms with Crippen LogP contribution in [0.15, 0.2) is 18.2 Å². The number of rotatable bonds is 2. The Morgan fingerprint density at radius 1 is 1.50 bits per heavy atom. The van der Waals surface area contributed by atoms with E-state index in [9.17, 15) is 14.3 Å². The van der Waals surface area contributed by atoms with Gasteiger partial charge in [-0.2, -0.15) is 0 Å². The Kier molecular flexibility index (Phi) is 3.16. The molecule has 1 aliphatic rings. The molecule has 3 rings (SSSR count). The van der Waals surface area contributed by atoms with Crippen molar-refractivity contribution in [2.45, 2.75) is 38.5 Å². The molecule has 1 aliphatic carbocycles. The van der Waals surface area contributed by atoms with Crippen LogP contribution < -0.4 is 0 Å². The number of carboxylic acid groups (broad SMARTS) is 1. The van der Waals surface area contributed by atoms with E-state index in [4.69, 9.17) is 0 Å². The summed E-state index contributed by atoms with van der Waals surface area (Å²) in [7, 11) is 0. The summed E-state index contributed by atoms with van der Waals surface area (Å²) >= 11 is 0. The third-order valence-electron chi connectivity index (χ3n) is 4.15. The number of carboxylic acids is 1. The zero-order valence-electron chi connectivity index (χ0n) is 11.3. The van der Waals surface area contributed by atoms with Gasteiger partial charge in [-0.1, -0.05) is 6.92 Å². The van der Waals surface area contributed by atoms with Crippen molar-refractivity contribution in [2.75, 3.05) is 0 Å². The predicted octanol–water partition coefficient (Wildman–Crippen LogP) is 3.90. The molecule has 1 heterocycles. The first-order valence-corrected chi connectivity index (χ1v) is 6.97. The lowest BCUT2D eigenvalue weighted by atomic mass is 9.82. The van der Waals surface area contributed by atoms with E-state index in [1.165, 1.54) is 18.2 Å². The van der Waals surface area contributed by atoms with Crippen LogP contribution in [0.5, 0.6) is 0 Å². The minimum atomic E-state index is -0.947. The third kappa shape index (κ3) is 1.96. The maximum Gasteiger partial charge on any atom is 0.336 e. The van der Waals surface area contributed by atoms with Crippen LogP contribution >= 0.6 is 0 Å². The number of aromatic carboxylic acids is 1. The quantitative estimate of drug-likeness (QED) is 0.902. The number of halogens is 1. The van der Waals surface area contributed by atoms with E-state index in [0.717, 1.165) is 36.9 Å². The molecule has 2 aromatic rings. The summed E-state index contributed by atoms with van der Waals surface area (Å²) in [6.45, 7) is 2.08. The standard InChI is InChI=1S/C16H16FNO2/c1-2-9-4-3-5-12-14(16(19)20)11-7-6-10(17)8-13(11)18-15(9)12/h6-9H,2-5H2,1H3,(H,19,20). The Hall–Kier alpha value is -1.97. The van der Waals surface area contributed by atoms with Gasteiger partial charge in [0.2, 0.25) is 0 Å². The summed E-state index contributed by atoms with van der Waals surface area (Å²) in [5, 5.41) is 10.1. The molecule has 0 aliphatic heterocycles. The fourth-order valence-corrected chi connectivity index (χ4v) is 3.19. The van der Waals surface area contributed by atoms with Gasteiger partial charge in [0, 0.05) is 23.1 Å². The van der Waals surface area contributed by atoms with Gasteiger partial charge in [-0.15, -0.1) is 0 Å². The average Bonchev–Trinajstić information content (AvgIpc) is 2.43. The Balaban J connectivity index is 2.38. The molecule has 20 heavy (non-hydrogen) atoms. The number of hydrogen-bond acceptors (Lipinski definition) is 2. The third-order valence-corrected chi connectivity index (χ3v) is 4.15. The van der Waals surface area contributed by atoms with E-state index in [0.29, 0.717) is 16.5 Å². The lowest BCUT2D eigenvalue weighted by Crippen LogP contribution is -2.17. The van der Waals surface area contributed by atoms with Crippen molar-refractivity contribution in [2.24, 2.45) is 0 Å². The molecular weight excluding hydrogens is 257 g/mol. The van der Waals surface area contributed by atoms with Crippen molar-refractivity contribution >= 4 is 16.9 Å². The highest BCUT2D eigenvalue weighted by atomic mass is 19.1. The second-order valence-corrected chi connectivity index (χ2v) is 5.31. The Bertz CT molecular complexity index is 696. The Labute approximate surface area is 116 Å². The van der Waals surface area contributed by atoms with Gasteiger partial charge in [0.25, 0.3) is 0 Å². The topological polar surface area (TPSA) is 50.2 Å². The highest BCUT2D eigenvalue weighted by molar-refractivity contribution is 6.04. The monoisotopic (exact) mass is 273 g/mol. The predicted molar refractivity (Wildman–Crippen MR) is 74.6 cm³/mol. The van der Waals surface area contributed by atoms with Crippen molar-refractivity contribution in [3.63, 3.8) is 0 Å². The maximum atomic E-state index is 13.4. The van der Waals surface area contributed by atoms with E-state index in [1.54, 1.807) is 0 Å². The summed E-state index contributed by atoms with van der Waals surface area (Å²) in [5.74, 6) is -1.05. The molecule has 104 valence electrons. The largest absolute Gasteiger partial charge is 0.478 e. The average molecular weight is 273 g/mol. The van der Waals surface area contributed by atoms with E-state index in [2.05, 4.69) is 11.9 Å². The van der Waals surface area contributed by atoms with Crippen LogP contribution in [0.2, 0.25) is 0 Å². The van der Waals surface area contributed by atoms with Gasteiger partial charge in [-0.3, -0.25) is 4.98 Å². The first-order valence-electron chi connectivity index (χ1n) is 6.97. The number of fused-ring (bicyclic) bond motifs is 2. The SMILES string of the molecule is CCC1CCCc2c1nc1cc(F)ccc1c2C(=O)O. The number of benzene rings is 1. The molecule has 0 saturated heterocycles. The van der Waals surface area contributed by atoms with Crippen molar-refractivity contribution in [3.05, 3.63) is 40.8 Å². The van der Waals surface area contributed by atoms with Gasteiger partial charge in [0.1, 0.15) is 5.82 Å². The van der Waals surface area contributed by atoms with E-state index in [-0.39, 0.29) is 11.7 Å². The molecular formula is C16H16FNO2. The smallest absolute Gasteiger partial charge is 0.336 e. The van der Waals surface area contributed by atoms with Crippen molar-refractivity contribution in [1.29, 1.82) is 0 Å². The van der Waals surface area contributed by atoms with E-state index in [1.807, 2.05) is 0 Å². The van der Waals surface area contributed by atoms with Gasteiger partial charge < -0.3 is 5.11 Å². The van der Waals surface area contributed by atoms with Crippen molar-refractivity contribution in [1.82, 2.24) is 4.98 Å². The molecule has 3 nitrogen and oxygen atoms in total. The first kappa shape index (κ1) is 13.0. The summed E-state index contributed by atoms with van der Waals surface area (Å²) in [6, 6.07) is 4.14. The zero-order chi connectivity index (χ0) is 14.3. The molecule has 4 heteroatoms. The highest BCUT2D eigenvalue weighted by Crippen LogP contribution is 2.37. The molecule has 1 aromatic heterocycles. The molecule has 0 saturated carbocycles. The van der Waals surface area contributed by atoms with Gasteiger partial charge >= 0.3 is 5.97 Å². The molecule has 0 spiro atoms. The zero-order valence-corrected chi connectivity index (χ0v) is 11.3. The lowest BCUT2D eigenvalue weighted by molar-refractivity contribution is 0.0697. The van der Waals surface area contributed by atoms with Crippen LogP contribution in [0.1, 0.15) is 53.7 Å². The van der Waals surface area contributed by atoms with Crippen molar-refractivity contribution in [3.8, 4) is 0 Å². The van der Waals surface area contributed by atoms with Crippen LogP contribution in [0, 0.1) is 5.82 Å². The van der Waals surface area contributed by atoms with Crippen LogP contribution in [0.3, 0.4) is 0 Å². The van der Waals surface area contributed by atoms with Gasteiger partial charge in [0.15, 0.2) is 0 Å². The van der Waals surface area contributed by atoms with Gasteiger partial charge in [-0.05, 0) is 43.4 Å². The lowest BCUT2D eigenvalue weighted by Gasteiger charge is -2.25. The maximum absolute atomic E-state index is 13.4. The first-order chi connectivity index (χ1) is 9.61. The summed E-state index contributed by atoms with van der Waals surface area (Å²) in [6.07, 6.45) is 3.68. The van der Waals surface area contributed by atoms with E-state index < -0.39 is 5.97 Å². The summed E-state index contributed by atoms with van der Waals surface area (Å²) in [4.78, 5) is 16.2. The van der Waals surface area contributed by atoms with E-state index >= 15 is 0 Å². The van der Waals surface area contributed by atoms with Crippen LogP contribution in [0.25, 0.3) is 10.9 Å². The second-order valence-electron chi connectivity index (χ2n) is 5.31. The van der Waals surface area contributed by atoms with Crippen LogP contribution in [-0.4, -0.2) is 16.1 Å². The highest BCUT2D eigenvalue weighted by Gasteiger charge is 2.27. The number of aromatic nitrogens is 1. The van der Waals surface area contributed by atoms with Crippen LogP contribution in [-0.2, 0) is 6.42 Å². The van der Waals surface area contributed by atoms with Crippen molar-refractivity contribution < 1.29 is 14.3 Å². The van der Waals surface area contributed by atoms with Gasteiger partial charge in [0.05, 0.1) is 11.1 Å². The Morgan fingerprint density at radius 2 is 2.30 bits per heavy atom. The summed E-state index contributed by atoms with van der Waals surface area (Å²) in [5.41, 5.74) is 2.45. The minimum Gasteiger partial charge on any atom is -0.478 e. The minimum absolute atomic E-state index is 0.282. The molecule has 0 radical (unpaired) electrons. The molecule has 1 atom stereocenters. The number of nitrogens with zero attached hydrogens (tertiary/aromatic N) is 1. The number of hydrogen-bond donors (Lipinski definition) is 1. The fraction of sp³-hybridized carbons (Fsp3) is 0.375. The normalized spacial score (nSPS) is 18.0. The van der Waals surface area contributed by atoms with Gasteiger partial charge in [-0.25, -0.2) is 9.18 Å². The number of carbonyl (C=O) groups is 1. The fourth-order valence-electron chi connectivity index (χ4n) is 3.19. The number of pyridine rings is 1. The Morgan fingerprint density at radius 3 is 3.00 bits per heavy atom. The molecule has 0 bridgehead atoms. The molecule has 1 aromatic carbocycles. The molecule has 1 N–H and O–H groups in total. The summed E-state index contributed by atoms with van der Waals surface area (Å²) < 4.78 is 13.4. The molecule has 0 amide bonds.